The van der Waals surface area contributed by atoms with Crippen LogP contribution in [0.15, 0.2) is 36.4 Å². The highest BCUT2D eigenvalue weighted by molar-refractivity contribution is 5.93. The van der Waals surface area contributed by atoms with Gasteiger partial charge >= 0.3 is 0 Å². The summed E-state index contributed by atoms with van der Waals surface area (Å²) < 4.78 is 22.2. The number of benzene rings is 2. The molecule has 4 heteroatoms. The van der Waals surface area contributed by atoms with Gasteiger partial charge < -0.3 is 18.9 Å². The second kappa shape index (κ2) is 9.28. The number of rotatable bonds is 10. The summed E-state index contributed by atoms with van der Waals surface area (Å²) in [7, 11) is 0. The highest BCUT2D eigenvalue weighted by Gasteiger charge is 2.07. The largest absolute Gasteiger partial charge is 0.491 e. The summed E-state index contributed by atoms with van der Waals surface area (Å²) in [5.41, 5.74) is 0. The Kier molecular flexibility index (Phi) is 7.00. The van der Waals surface area contributed by atoms with Gasteiger partial charge in [-0.2, -0.15) is 0 Å². The van der Waals surface area contributed by atoms with Crippen molar-refractivity contribution in [2.45, 2.75) is 13.8 Å². The van der Waals surface area contributed by atoms with E-state index in [0.29, 0.717) is 39.6 Å². The van der Waals surface area contributed by atoms with E-state index < -0.39 is 0 Å². The molecule has 0 spiro atoms. The van der Waals surface area contributed by atoms with Gasteiger partial charge in [-0.25, -0.2) is 0 Å². The Morgan fingerprint density at radius 3 is 1.50 bits per heavy atom. The summed E-state index contributed by atoms with van der Waals surface area (Å²) in [6.45, 7) is 7.64. The van der Waals surface area contributed by atoms with Crippen LogP contribution in [0.1, 0.15) is 13.8 Å². The van der Waals surface area contributed by atoms with Crippen molar-refractivity contribution in [1.82, 2.24) is 0 Å². The van der Waals surface area contributed by atoms with Crippen molar-refractivity contribution in [3.05, 3.63) is 36.4 Å². The lowest BCUT2D eigenvalue weighted by molar-refractivity contribution is 0.109. The molecule has 22 heavy (non-hydrogen) atoms. The summed E-state index contributed by atoms with van der Waals surface area (Å²) >= 11 is 0. The third-order valence-corrected chi connectivity index (χ3v) is 3.22. The molecule has 0 saturated heterocycles. The standard InChI is InChI=1S/C18H24O4/c1-3-19-11-13-21-17-9-10-18(22-14-12-20-4-2)16-8-6-5-7-15(16)17/h5-10H,3-4,11-14H2,1-2H3. The van der Waals surface area contributed by atoms with E-state index in [1.807, 2.05) is 50.2 Å². The molecule has 0 bridgehead atoms. The molecule has 2 rings (SSSR count). The van der Waals surface area contributed by atoms with Crippen molar-refractivity contribution in [2.75, 3.05) is 39.6 Å². The molecule has 0 unspecified atom stereocenters. The highest BCUT2D eigenvalue weighted by Crippen LogP contribution is 2.33. The van der Waals surface area contributed by atoms with Gasteiger partial charge in [0.25, 0.3) is 0 Å². The molecule has 0 atom stereocenters. The van der Waals surface area contributed by atoms with Gasteiger partial charge in [0, 0.05) is 24.0 Å². The Morgan fingerprint density at radius 2 is 1.09 bits per heavy atom. The van der Waals surface area contributed by atoms with Gasteiger partial charge in [-0.1, -0.05) is 24.3 Å². The average Bonchev–Trinajstić information content (AvgIpc) is 2.56. The van der Waals surface area contributed by atoms with Crippen LogP contribution in [0, 0.1) is 0 Å². The molecule has 0 aliphatic carbocycles. The van der Waals surface area contributed by atoms with Crippen LogP contribution in [0.25, 0.3) is 10.8 Å². The molecule has 0 aromatic heterocycles. The van der Waals surface area contributed by atoms with Crippen LogP contribution in [0.4, 0.5) is 0 Å². The van der Waals surface area contributed by atoms with Gasteiger partial charge in [0.15, 0.2) is 0 Å². The third-order valence-electron chi connectivity index (χ3n) is 3.22. The third kappa shape index (κ3) is 4.61. The molecular weight excluding hydrogens is 280 g/mol. The van der Waals surface area contributed by atoms with E-state index in [-0.39, 0.29) is 0 Å². The number of ether oxygens (including phenoxy) is 4. The fourth-order valence-corrected chi connectivity index (χ4v) is 2.21. The summed E-state index contributed by atoms with van der Waals surface area (Å²) in [4.78, 5) is 0. The van der Waals surface area contributed by atoms with Crippen molar-refractivity contribution >= 4 is 10.8 Å². The van der Waals surface area contributed by atoms with Crippen LogP contribution in [0.3, 0.4) is 0 Å². The molecule has 0 radical (unpaired) electrons. The lowest BCUT2D eigenvalue weighted by Crippen LogP contribution is -2.08. The van der Waals surface area contributed by atoms with Crippen LogP contribution in [-0.2, 0) is 9.47 Å². The minimum absolute atomic E-state index is 0.544. The van der Waals surface area contributed by atoms with Crippen molar-refractivity contribution in [3.63, 3.8) is 0 Å². The van der Waals surface area contributed by atoms with Crippen molar-refractivity contribution in [3.8, 4) is 11.5 Å². The van der Waals surface area contributed by atoms with Gasteiger partial charge in [0.2, 0.25) is 0 Å². The average molecular weight is 304 g/mol. The summed E-state index contributed by atoms with van der Waals surface area (Å²) in [6.07, 6.45) is 0. The Hall–Kier alpha value is -1.78. The van der Waals surface area contributed by atoms with Crippen molar-refractivity contribution < 1.29 is 18.9 Å². The lowest BCUT2D eigenvalue weighted by Gasteiger charge is -2.13. The molecule has 2 aromatic carbocycles. The molecule has 0 saturated carbocycles. The topological polar surface area (TPSA) is 36.9 Å². The summed E-state index contributed by atoms with van der Waals surface area (Å²) in [5, 5.41) is 2.10. The zero-order valence-corrected chi connectivity index (χ0v) is 13.3. The van der Waals surface area contributed by atoms with E-state index in [4.69, 9.17) is 18.9 Å². The predicted octanol–water partition coefficient (Wildman–Crippen LogP) is 3.67. The Balaban J connectivity index is 2.08. The number of fused-ring (bicyclic) bond motifs is 1. The molecule has 0 amide bonds. The maximum atomic E-state index is 5.81. The first kappa shape index (κ1) is 16.6. The summed E-state index contributed by atoms with van der Waals surface area (Å²) in [5.74, 6) is 1.71. The Bertz CT molecular complexity index is 518. The van der Waals surface area contributed by atoms with Crippen LogP contribution in [0.5, 0.6) is 11.5 Å². The zero-order chi connectivity index (χ0) is 15.6. The normalized spacial score (nSPS) is 10.8. The maximum absolute atomic E-state index is 5.81. The molecule has 0 fully saturated rings. The zero-order valence-electron chi connectivity index (χ0n) is 13.3. The SMILES string of the molecule is CCOCCOc1ccc(OCCOCC)c2ccccc12. The van der Waals surface area contributed by atoms with Gasteiger partial charge in [0.1, 0.15) is 24.7 Å². The molecule has 0 aliphatic heterocycles. The molecule has 120 valence electrons. The first-order chi connectivity index (χ1) is 10.9. The number of hydrogen-bond donors (Lipinski definition) is 0. The second-order valence-corrected chi connectivity index (χ2v) is 4.70. The number of hydrogen-bond acceptors (Lipinski definition) is 4. The second-order valence-electron chi connectivity index (χ2n) is 4.70. The van der Waals surface area contributed by atoms with Crippen molar-refractivity contribution in [1.29, 1.82) is 0 Å². The first-order valence-corrected chi connectivity index (χ1v) is 7.79. The fourth-order valence-electron chi connectivity index (χ4n) is 2.21. The minimum Gasteiger partial charge on any atom is -0.491 e. The highest BCUT2D eigenvalue weighted by atomic mass is 16.5. The molecule has 0 heterocycles. The van der Waals surface area contributed by atoms with Gasteiger partial charge in [-0.05, 0) is 26.0 Å². The Labute approximate surface area is 131 Å². The van der Waals surface area contributed by atoms with Crippen LogP contribution in [-0.4, -0.2) is 39.6 Å². The van der Waals surface area contributed by atoms with E-state index in [0.717, 1.165) is 22.3 Å². The van der Waals surface area contributed by atoms with E-state index >= 15 is 0 Å². The molecule has 2 aromatic rings. The van der Waals surface area contributed by atoms with E-state index in [1.165, 1.54) is 0 Å². The smallest absolute Gasteiger partial charge is 0.127 e. The lowest BCUT2D eigenvalue weighted by atomic mass is 10.1. The van der Waals surface area contributed by atoms with Crippen molar-refractivity contribution in [2.24, 2.45) is 0 Å². The van der Waals surface area contributed by atoms with Crippen LogP contribution in [0.2, 0.25) is 0 Å². The van der Waals surface area contributed by atoms with Crippen LogP contribution >= 0.6 is 0 Å². The maximum Gasteiger partial charge on any atom is 0.127 e. The molecule has 0 N–H and O–H groups in total. The predicted molar refractivity (Wildman–Crippen MR) is 87.9 cm³/mol. The minimum atomic E-state index is 0.544. The van der Waals surface area contributed by atoms with Gasteiger partial charge in [-0.15, -0.1) is 0 Å². The molecule has 4 nitrogen and oxygen atoms in total. The summed E-state index contributed by atoms with van der Waals surface area (Å²) in [6, 6.07) is 12.0. The van der Waals surface area contributed by atoms with E-state index in [9.17, 15) is 0 Å². The van der Waals surface area contributed by atoms with Gasteiger partial charge in [0.05, 0.1) is 13.2 Å². The fraction of sp³-hybridized carbons (Fsp3) is 0.444. The quantitative estimate of drug-likeness (QED) is 0.628. The monoisotopic (exact) mass is 304 g/mol. The first-order valence-electron chi connectivity index (χ1n) is 7.79. The Morgan fingerprint density at radius 1 is 0.636 bits per heavy atom. The van der Waals surface area contributed by atoms with Gasteiger partial charge in [-0.3, -0.25) is 0 Å². The van der Waals surface area contributed by atoms with Crippen LogP contribution < -0.4 is 9.47 Å². The molecule has 0 aliphatic rings. The van der Waals surface area contributed by atoms with E-state index in [1.54, 1.807) is 0 Å². The molecular formula is C18H24O4. The van der Waals surface area contributed by atoms with E-state index in [2.05, 4.69) is 0 Å².